The normalized spacial score (nSPS) is 15.6. The predicted octanol–water partition coefficient (Wildman–Crippen LogP) is 2.57. The van der Waals surface area contributed by atoms with Gasteiger partial charge in [-0.2, -0.15) is 0 Å². The van der Waals surface area contributed by atoms with Crippen molar-refractivity contribution in [1.29, 1.82) is 0 Å². The molecule has 0 spiro atoms. The number of halogens is 1. The molecule has 10 heteroatoms. The number of anilines is 1. The number of nitro groups is 1. The number of para-hydroxylation sites is 1. The zero-order valence-corrected chi connectivity index (χ0v) is 15.2. The highest BCUT2D eigenvalue weighted by molar-refractivity contribution is 7.80. The Hall–Kier alpha value is -3.66. The number of benzene rings is 2. The number of amides is 2. The third-order valence-corrected chi connectivity index (χ3v) is 4.19. The Morgan fingerprint density at radius 2 is 1.96 bits per heavy atom. The van der Waals surface area contributed by atoms with Crippen LogP contribution in [0.1, 0.15) is 5.56 Å². The van der Waals surface area contributed by atoms with Crippen molar-refractivity contribution in [3.05, 3.63) is 69.5 Å². The molecule has 0 aromatic heterocycles. The second-order valence-corrected chi connectivity index (χ2v) is 5.98. The number of nitrogens with one attached hydrogen (secondary N) is 1. The van der Waals surface area contributed by atoms with Crippen LogP contribution in [0.3, 0.4) is 0 Å². The van der Waals surface area contributed by atoms with Crippen molar-refractivity contribution in [2.75, 3.05) is 12.0 Å². The van der Waals surface area contributed by atoms with Gasteiger partial charge in [-0.15, -0.1) is 0 Å². The summed E-state index contributed by atoms with van der Waals surface area (Å²) in [5.74, 6) is -2.31. The Labute approximate surface area is 163 Å². The van der Waals surface area contributed by atoms with Crippen LogP contribution in [-0.2, 0) is 9.59 Å². The highest BCUT2D eigenvalue weighted by Crippen LogP contribution is 2.29. The van der Waals surface area contributed by atoms with Gasteiger partial charge in [0.15, 0.2) is 10.9 Å². The van der Waals surface area contributed by atoms with E-state index in [4.69, 9.17) is 17.0 Å². The number of nitrogens with zero attached hydrogens (tertiary/aromatic N) is 2. The number of methoxy groups -OCH3 is 1. The van der Waals surface area contributed by atoms with Crippen LogP contribution in [0.25, 0.3) is 6.08 Å². The highest BCUT2D eigenvalue weighted by atomic mass is 32.1. The molecule has 0 atom stereocenters. The standard InChI is InChI=1S/C18H12FN3O5S/c1-27-15-7-6-10(9-14(15)22(25)26)8-11-16(23)20-18(28)21(17(11)24)13-5-3-2-4-12(13)19/h2-9H,1H3,(H,20,23,28)/b11-8+. The Kier molecular flexibility index (Phi) is 5.14. The highest BCUT2D eigenvalue weighted by Gasteiger charge is 2.35. The summed E-state index contributed by atoms with van der Waals surface area (Å²) >= 11 is 5.00. The van der Waals surface area contributed by atoms with Gasteiger partial charge in [-0.05, 0) is 42.1 Å². The van der Waals surface area contributed by atoms with Gasteiger partial charge in [0.2, 0.25) is 0 Å². The molecule has 28 heavy (non-hydrogen) atoms. The van der Waals surface area contributed by atoms with Crippen molar-refractivity contribution in [2.45, 2.75) is 0 Å². The van der Waals surface area contributed by atoms with Crippen LogP contribution in [0.15, 0.2) is 48.0 Å². The average Bonchev–Trinajstić information content (AvgIpc) is 2.66. The summed E-state index contributed by atoms with van der Waals surface area (Å²) in [7, 11) is 1.28. The lowest BCUT2D eigenvalue weighted by atomic mass is 10.1. The number of hydrogen-bond acceptors (Lipinski definition) is 6. The minimum Gasteiger partial charge on any atom is -0.490 e. The molecule has 2 amide bonds. The molecule has 1 heterocycles. The number of carbonyl (C=O) groups excluding carboxylic acids is 2. The minimum atomic E-state index is -0.850. The predicted molar refractivity (Wildman–Crippen MR) is 102 cm³/mol. The van der Waals surface area contributed by atoms with E-state index in [1.165, 1.54) is 43.5 Å². The Morgan fingerprint density at radius 3 is 2.61 bits per heavy atom. The second kappa shape index (κ2) is 7.53. The first kappa shape index (κ1) is 19.1. The van der Waals surface area contributed by atoms with Gasteiger partial charge in [0.1, 0.15) is 11.4 Å². The average molecular weight is 401 g/mol. The van der Waals surface area contributed by atoms with Crippen molar-refractivity contribution in [3.8, 4) is 5.75 Å². The molecule has 142 valence electrons. The van der Waals surface area contributed by atoms with Gasteiger partial charge in [0.05, 0.1) is 17.7 Å². The van der Waals surface area contributed by atoms with E-state index in [0.29, 0.717) is 0 Å². The van der Waals surface area contributed by atoms with E-state index in [2.05, 4.69) is 5.32 Å². The zero-order valence-electron chi connectivity index (χ0n) is 14.3. The van der Waals surface area contributed by atoms with Crippen LogP contribution >= 0.6 is 12.2 Å². The molecule has 0 bridgehead atoms. The summed E-state index contributed by atoms with van der Waals surface area (Å²) in [4.78, 5) is 36.5. The lowest BCUT2D eigenvalue weighted by Gasteiger charge is -2.29. The number of carbonyl (C=O) groups is 2. The fraction of sp³-hybridized carbons (Fsp3) is 0.0556. The molecule has 1 N–H and O–H groups in total. The van der Waals surface area contributed by atoms with Crippen molar-refractivity contribution in [3.63, 3.8) is 0 Å². The summed E-state index contributed by atoms with van der Waals surface area (Å²) < 4.78 is 19.0. The third-order valence-electron chi connectivity index (χ3n) is 3.91. The van der Waals surface area contributed by atoms with E-state index in [1.807, 2.05) is 0 Å². The van der Waals surface area contributed by atoms with Gasteiger partial charge in [-0.25, -0.2) is 9.29 Å². The largest absolute Gasteiger partial charge is 0.490 e. The van der Waals surface area contributed by atoms with Crippen molar-refractivity contribution in [2.24, 2.45) is 0 Å². The molecule has 0 unspecified atom stereocenters. The first-order chi connectivity index (χ1) is 13.3. The number of nitro benzene ring substituents is 1. The monoisotopic (exact) mass is 401 g/mol. The topological polar surface area (TPSA) is 102 Å². The molecule has 0 aliphatic carbocycles. The fourth-order valence-electron chi connectivity index (χ4n) is 2.62. The third kappa shape index (κ3) is 3.45. The fourth-order valence-corrected chi connectivity index (χ4v) is 2.89. The van der Waals surface area contributed by atoms with E-state index in [0.717, 1.165) is 17.0 Å². The molecular formula is C18H12FN3O5S. The van der Waals surface area contributed by atoms with E-state index in [-0.39, 0.29) is 33.4 Å². The van der Waals surface area contributed by atoms with E-state index >= 15 is 0 Å². The maximum Gasteiger partial charge on any atom is 0.311 e. The quantitative estimate of drug-likeness (QED) is 0.278. The summed E-state index contributed by atoms with van der Waals surface area (Å²) in [6.45, 7) is 0. The Morgan fingerprint density at radius 1 is 1.25 bits per heavy atom. The summed E-state index contributed by atoms with van der Waals surface area (Å²) in [6.07, 6.45) is 1.17. The van der Waals surface area contributed by atoms with Gasteiger partial charge in [-0.1, -0.05) is 18.2 Å². The molecule has 2 aromatic carbocycles. The minimum absolute atomic E-state index is 0.0285. The second-order valence-electron chi connectivity index (χ2n) is 5.60. The van der Waals surface area contributed by atoms with Crippen LogP contribution in [-0.4, -0.2) is 29.0 Å². The van der Waals surface area contributed by atoms with Crippen molar-refractivity contribution >= 4 is 46.6 Å². The lowest BCUT2D eigenvalue weighted by Crippen LogP contribution is -2.54. The van der Waals surface area contributed by atoms with Gasteiger partial charge in [0, 0.05) is 6.07 Å². The molecule has 1 saturated heterocycles. The first-order valence-electron chi connectivity index (χ1n) is 7.82. The summed E-state index contributed by atoms with van der Waals surface area (Å²) in [5, 5.41) is 13.2. The van der Waals surface area contributed by atoms with Crippen LogP contribution < -0.4 is 15.0 Å². The number of ether oxygens (including phenoxy) is 1. The van der Waals surface area contributed by atoms with E-state index in [1.54, 1.807) is 0 Å². The van der Waals surface area contributed by atoms with Crippen LogP contribution in [0.5, 0.6) is 5.75 Å². The summed E-state index contributed by atoms with van der Waals surface area (Å²) in [6, 6.07) is 9.40. The van der Waals surface area contributed by atoms with Gasteiger partial charge >= 0.3 is 5.69 Å². The maximum absolute atomic E-state index is 14.1. The van der Waals surface area contributed by atoms with E-state index < -0.39 is 22.6 Å². The molecule has 8 nitrogen and oxygen atoms in total. The SMILES string of the molecule is COc1ccc(/C=C2\C(=O)NC(=S)N(c3ccccc3F)C2=O)cc1[N+](=O)[O-]. The maximum atomic E-state index is 14.1. The van der Waals surface area contributed by atoms with Crippen LogP contribution in [0.4, 0.5) is 15.8 Å². The molecule has 1 aliphatic heterocycles. The molecule has 2 aromatic rings. The lowest BCUT2D eigenvalue weighted by molar-refractivity contribution is -0.385. The molecule has 1 aliphatic rings. The van der Waals surface area contributed by atoms with Gasteiger partial charge < -0.3 is 4.74 Å². The molecule has 1 fully saturated rings. The number of rotatable bonds is 4. The number of thiocarbonyl (C=S) groups is 1. The van der Waals surface area contributed by atoms with Gasteiger partial charge in [0.25, 0.3) is 11.8 Å². The zero-order chi connectivity index (χ0) is 20.4. The smallest absolute Gasteiger partial charge is 0.311 e. The summed E-state index contributed by atoms with van der Waals surface area (Å²) in [5.41, 5.74) is -0.588. The van der Waals surface area contributed by atoms with Crippen molar-refractivity contribution in [1.82, 2.24) is 5.32 Å². The Bertz CT molecular complexity index is 1050. The van der Waals surface area contributed by atoms with Crippen LogP contribution in [0.2, 0.25) is 0 Å². The molecule has 3 rings (SSSR count). The van der Waals surface area contributed by atoms with Crippen LogP contribution in [0, 0.1) is 15.9 Å². The van der Waals surface area contributed by atoms with E-state index in [9.17, 15) is 24.1 Å². The van der Waals surface area contributed by atoms with Gasteiger partial charge in [-0.3, -0.25) is 25.0 Å². The molecular weight excluding hydrogens is 389 g/mol. The number of hydrogen-bond donors (Lipinski definition) is 1. The first-order valence-corrected chi connectivity index (χ1v) is 8.22. The molecule has 0 radical (unpaired) electrons. The Balaban J connectivity index is 2.06. The van der Waals surface area contributed by atoms with Crippen molar-refractivity contribution < 1.29 is 23.6 Å². The molecule has 0 saturated carbocycles.